The Balaban J connectivity index is 1.99. The molecule has 0 radical (unpaired) electrons. The van der Waals surface area contributed by atoms with E-state index in [-0.39, 0.29) is 18.6 Å². The molecule has 1 heterocycles. The first-order valence-electron chi connectivity index (χ1n) is 5.39. The van der Waals surface area contributed by atoms with E-state index in [1.165, 1.54) is 0 Å². The SMILES string of the molecule is CC(C)C(=O)N/N=C\c1ccc2c(c1)OCO2. The molecule has 0 saturated carbocycles. The zero-order valence-corrected chi connectivity index (χ0v) is 9.77. The highest BCUT2D eigenvalue weighted by Gasteiger charge is 2.12. The van der Waals surface area contributed by atoms with Crippen LogP contribution >= 0.6 is 0 Å². The highest BCUT2D eigenvalue weighted by Crippen LogP contribution is 2.31. The predicted molar refractivity (Wildman–Crippen MR) is 63.1 cm³/mol. The van der Waals surface area contributed by atoms with E-state index in [1.807, 2.05) is 32.0 Å². The molecule has 0 unspecified atom stereocenters. The first-order valence-corrected chi connectivity index (χ1v) is 5.39. The molecule has 1 aliphatic rings. The average Bonchev–Trinajstić information content (AvgIpc) is 2.75. The van der Waals surface area contributed by atoms with Crippen LogP contribution in [0.5, 0.6) is 11.5 Å². The van der Waals surface area contributed by atoms with Gasteiger partial charge in [-0.25, -0.2) is 5.43 Å². The number of hydrogen-bond acceptors (Lipinski definition) is 4. The van der Waals surface area contributed by atoms with E-state index in [0.717, 1.165) is 11.3 Å². The Morgan fingerprint density at radius 1 is 1.41 bits per heavy atom. The molecule has 5 heteroatoms. The van der Waals surface area contributed by atoms with E-state index in [4.69, 9.17) is 9.47 Å². The van der Waals surface area contributed by atoms with Crippen molar-refractivity contribution in [3.8, 4) is 11.5 Å². The molecule has 2 rings (SSSR count). The Morgan fingerprint density at radius 2 is 2.18 bits per heavy atom. The highest BCUT2D eigenvalue weighted by molar-refractivity contribution is 5.83. The van der Waals surface area contributed by atoms with Gasteiger partial charge in [-0.1, -0.05) is 13.8 Å². The number of benzene rings is 1. The van der Waals surface area contributed by atoms with Gasteiger partial charge in [-0.05, 0) is 23.8 Å². The maximum absolute atomic E-state index is 11.3. The third-order valence-corrected chi connectivity index (χ3v) is 2.31. The summed E-state index contributed by atoms with van der Waals surface area (Å²) in [5, 5.41) is 3.87. The highest BCUT2D eigenvalue weighted by atomic mass is 16.7. The monoisotopic (exact) mass is 234 g/mol. The van der Waals surface area contributed by atoms with Crippen LogP contribution in [0.25, 0.3) is 0 Å². The van der Waals surface area contributed by atoms with Crippen LogP contribution in [0.4, 0.5) is 0 Å². The van der Waals surface area contributed by atoms with Crippen molar-refractivity contribution in [2.45, 2.75) is 13.8 Å². The van der Waals surface area contributed by atoms with Crippen LogP contribution in [0, 0.1) is 5.92 Å². The van der Waals surface area contributed by atoms with Crippen LogP contribution in [0.1, 0.15) is 19.4 Å². The number of hydrazone groups is 1. The number of carbonyl (C=O) groups excluding carboxylic acids is 1. The minimum Gasteiger partial charge on any atom is -0.454 e. The van der Waals surface area contributed by atoms with Gasteiger partial charge in [-0.3, -0.25) is 4.79 Å². The molecule has 0 aliphatic carbocycles. The van der Waals surface area contributed by atoms with Crippen LogP contribution in [0.15, 0.2) is 23.3 Å². The fourth-order valence-corrected chi connectivity index (χ4v) is 1.29. The normalized spacial score (nSPS) is 13.4. The Hall–Kier alpha value is -2.04. The lowest BCUT2D eigenvalue weighted by atomic mass is 10.2. The molecule has 0 fully saturated rings. The van der Waals surface area contributed by atoms with Crippen LogP contribution in [-0.2, 0) is 4.79 Å². The summed E-state index contributed by atoms with van der Waals surface area (Å²) in [4.78, 5) is 11.3. The zero-order chi connectivity index (χ0) is 12.3. The third kappa shape index (κ3) is 2.75. The lowest BCUT2D eigenvalue weighted by molar-refractivity contribution is -0.123. The summed E-state index contributed by atoms with van der Waals surface area (Å²) in [5.41, 5.74) is 3.30. The molecule has 17 heavy (non-hydrogen) atoms. The van der Waals surface area contributed by atoms with E-state index < -0.39 is 0 Å². The molecule has 1 aromatic carbocycles. The predicted octanol–water partition coefficient (Wildman–Crippen LogP) is 1.52. The number of fused-ring (bicyclic) bond motifs is 1. The molecule has 90 valence electrons. The number of hydrogen-bond donors (Lipinski definition) is 1. The van der Waals surface area contributed by atoms with Gasteiger partial charge in [-0.15, -0.1) is 0 Å². The van der Waals surface area contributed by atoms with Gasteiger partial charge in [0.15, 0.2) is 11.5 Å². The maximum atomic E-state index is 11.3. The number of nitrogens with one attached hydrogen (secondary N) is 1. The van der Waals surface area contributed by atoms with Crippen molar-refractivity contribution < 1.29 is 14.3 Å². The van der Waals surface area contributed by atoms with E-state index in [9.17, 15) is 4.79 Å². The number of amides is 1. The van der Waals surface area contributed by atoms with Crippen molar-refractivity contribution in [2.75, 3.05) is 6.79 Å². The van der Waals surface area contributed by atoms with E-state index in [2.05, 4.69) is 10.5 Å². The topological polar surface area (TPSA) is 59.9 Å². The Bertz CT molecular complexity index is 455. The quantitative estimate of drug-likeness (QED) is 0.637. The molecule has 0 bridgehead atoms. The van der Waals surface area contributed by atoms with Crippen LogP contribution < -0.4 is 14.9 Å². The second kappa shape index (κ2) is 4.86. The van der Waals surface area contributed by atoms with Crippen molar-refractivity contribution in [3.63, 3.8) is 0 Å². The van der Waals surface area contributed by atoms with Gasteiger partial charge < -0.3 is 9.47 Å². The van der Waals surface area contributed by atoms with Gasteiger partial charge in [0.25, 0.3) is 0 Å². The third-order valence-electron chi connectivity index (χ3n) is 2.31. The van der Waals surface area contributed by atoms with Crippen LogP contribution in [0.2, 0.25) is 0 Å². The first kappa shape index (κ1) is 11.4. The van der Waals surface area contributed by atoms with Gasteiger partial charge in [0.05, 0.1) is 6.21 Å². The maximum Gasteiger partial charge on any atom is 0.242 e. The Kier molecular flexibility index (Phi) is 3.27. The number of rotatable bonds is 3. The lowest BCUT2D eigenvalue weighted by Gasteiger charge is -2.01. The molecule has 1 N–H and O–H groups in total. The van der Waals surface area contributed by atoms with Gasteiger partial charge in [0.2, 0.25) is 12.7 Å². The minimum atomic E-state index is -0.109. The minimum absolute atomic E-state index is 0.0797. The molecular formula is C12H14N2O3. The smallest absolute Gasteiger partial charge is 0.242 e. The summed E-state index contributed by atoms with van der Waals surface area (Å²) < 4.78 is 10.4. The molecule has 1 amide bonds. The first-order chi connectivity index (χ1) is 8.16. The van der Waals surface area contributed by atoms with Crippen molar-refractivity contribution >= 4 is 12.1 Å². The van der Waals surface area contributed by atoms with Gasteiger partial charge in [0, 0.05) is 5.92 Å². The van der Waals surface area contributed by atoms with E-state index in [1.54, 1.807) is 6.21 Å². The van der Waals surface area contributed by atoms with Gasteiger partial charge in [0.1, 0.15) is 0 Å². The molecule has 1 aromatic rings. The summed E-state index contributed by atoms with van der Waals surface area (Å²) in [6.45, 7) is 3.87. The van der Waals surface area contributed by atoms with Gasteiger partial charge >= 0.3 is 0 Å². The summed E-state index contributed by atoms with van der Waals surface area (Å²) >= 11 is 0. The molecular weight excluding hydrogens is 220 g/mol. The fourth-order valence-electron chi connectivity index (χ4n) is 1.29. The van der Waals surface area contributed by atoms with Gasteiger partial charge in [-0.2, -0.15) is 5.10 Å². The molecule has 0 aromatic heterocycles. The van der Waals surface area contributed by atoms with E-state index in [0.29, 0.717) is 5.75 Å². The number of nitrogens with zero attached hydrogens (tertiary/aromatic N) is 1. The zero-order valence-electron chi connectivity index (χ0n) is 9.77. The molecule has 0 saturated heterocycles. The summed E-state index contributed by atoms with van der Waals surface area (Å²) in [7, 11) is 0. The molecule has 5 nitrogen and oxygen atoms in total. The molecule has 0 atom stereocenters. The van der Waals surface area contributed by atoms with Crippen molar-refractivity contribution in [2.24, 2.45) is 11.0 Å². The van der Waals surface area contributed by atoms with Crippen LogP contribution in [-0.4, -0.2) is 18.9 Å². The van der Waals surface area contributed by atoms with Crippen LogP contribution in [0.3, 0.4) is 0 Å². The van der Waals surface area contributed by atoms with E-state index >= 15 is 0 Å². The molecule has 0 spiro atoms. The second-order valence-electron chi connectivity index (χ2n) is 4.00. The summed E-state index contributed by atoms with van der Waals surface area (Å²) in [6, 6.07) is 5.47. The fraction of sp³-hybridized carbons (Fsp3) is 0.333. The van der Waals surface area contributed by atoms with Crippen molar-refractivity contribution in [1.82, 2.24) is 5.43 Å². The Morgan fingerprint density at radius 3 is 2.94 bits per heavy atom. The average molecular weight is 234 g/mol. The second-order valence-corrected chi connectivity index (χ2v) is 4.00. The lowest BCUT2D eigenvalue weighted by Crippen LogP contribution is -2.22. The molecule has 1 aliphatic heterocycles. The van der Waals surface area contributed by atoms with Crippen molar-refractivity contribution in [1.29, 1.82) is 0 Å². The van der Waals surface area contributed by atoms with Crippen molar-refractivity contribution in [3.05, 3.63) is 23.8 Å². The summed E-state index contributed by atoms with van der Waals surface area (Å²) in [6.07, 6.45) is 1.57. The number of ether oxygens (including phenoxy) is 2. The standard InChI is InChI=1S/C12H14N2O3/c1-8(2)12(15)14-13-6-9-3-4-10-11(5-9)17-7-16-10/h3-6,8H,7H2,1-2H3,(H,14,15)/b13-6-. The number of carbonyl (C=O) groups is 1. The summed E-state index contributed by atoms with van der Waals surface area (Å²) in [5.74, 6) is 1.24. The largest absolute Gasteiger partial charge is 0.454 e. The Labute approximate surface area is 99.4 Å².